The maximum atomic E-state index is 8.80. The summed E-state index contributed by atoms with van der Waals surface area (Å²) in [5.41, 5.74) is 2.02. The van der Waals surface area contributed by atoms with Crippen molar-refractivity contribution in [1.82, 2.24) is 20.6 Å². The molecule has 8 heteroatoms. The summed E-state index contributed by atoms with van der Waals surface area (Å²) in [6.45, 7) is 2.96. The molecule has 0 amide bonds. The Morgan fingerprint density at radius 3 is 3.17 bits per heavy atom. The minimum absolute atomic E-state index is 0.0166. The molecule has 0 spiro atoms. The quantitative estimate of drug-likeness (QED) is 0.202. The molecular formula is C16H20N6OS. The Hall–Kier alpha value is -2.66. The van der Waals surface area contributed by atoms with Crippen molar-refractivity contribution in [3.05, 3.63) is 47.9 Å². The number of thiol groups is 1. The first-order valence-corrected chi connectivity index (χ1v) is 8.01. The molecule has 24 heavy (non-hydrogen) atoms. The lowest BCUT2D eigenvalue weighted by Gasteiger charge is -2.09. The van der Waals surface area contributed by atoms with Crippen LogP contribution in [0.15, 0.2) is 40.2 Å². The van der Waals surface area contributed by atoms with Crippen molar-refractivity contribution in [3.63, 3.8) is 0 Å². The van der Waals surface area contributed by atoms with Gasteiger partial charge in [-0.15, -0.1) is 0 Å². The number of H-pyrrole nitrogens is 1. The molecule has 3 N–H and O–H groups in total. The topological polar surface area (TPSA) is 102 Å². The summed E-state index contributed by atoms with van der Waals surface area (Å²) in [5, 5.41) is 14.4. The summed E-state index contributed by atoms with van der Waals surface area (Å²) in [4.78, 5) is 11.6. The number of aromatic nitrogens is 2. The number of hydrogen-bond acceptors (Lipinski definition) is 5. The predicted molar refractivity (Wildman–Crippen MR) is 96.6 cm³/mol. The zero-order valence-corrected chi connectivity index (χ0v) is 14.3. The average molecular weight is 344 g/mol. The fourth-order valence-corrected chi connectivity index (χ4v) is 2.24. The van der Waals surface area contributed by atoms with Crippen molar-refractivity contribution >= 4 is 24.7 Å². The van der Waals surface area contributed by atoms with Crippen LogP contribution in [0.3, 0.4) is 0 Å². The number of aromatic amines is 1. The van der Waals surface area contributed by atoms with Gasteiger partial charge in [0.1, 0.15) is 5.76 Å². The molecule has 0 bridgehead atoms. The van der Waals surface area contributed by atoms with Gasteiger partial charge in [0.25, 0.3) is 0 Å². The van der Waals surface area contributed by atoms with Crippen LogP contribution in [0.2, 0.25) is 0 Å². The molecule has 0 aliphatic carbocycles. The zero-order chi connectivity index (χ0) is 17.2. The Morgan fingerprint density at radius 1 is 1.62 bits per heavy atom. The van der Waals surface area contributed by atoms with Crippen LogP contribution in [0.25, 0.3) is 6.08 Å². The molecule has 0 aromatic carbocycles. The number of hydrogen-bond donors (Lipinski definition) is 4. The van der Waals surface area contributed by atoms with Crippen molar-refractivity contribution in [2.24, 2.45) is 4.99 Å². The molecule has 7 nitrogen and oxygen atoms in total. The maximum absolute atomic E-state index is 8.80. The van der Waals surface area contributed by atoms with E-state index in [2.05, 4.69) is 38.2 Å². The lowest BCUT2D eigenvalue weighted by atomic mass is 10.2. The molecule has 0 aliphatic rings. The number of aliphatic imine (C=N–C) groups is 1. The molecule has 126 valence electrons. The molecule has 0 saturated heterocycles. The van der Waals surface area contributed by atoms with Gasteiger partial charge < -0.3 is 14.7 Å². The molecule has 2 aromatic rings. The molecule has 1 atom stereocenters. The summed E-state index contributed by atoms with van der Waals surface area (Å²) in [7, 11) is 0. The third-order valence-corrected chi connectivity index (χ3v) is 3.56. The minimum Gasteiger partial charge on any atom is -0.465 e. The second-order valence-electron chi connectivity index (χ2n) is 5.06. The highest BCUT2D eigenvalue weighted by Crippen LogP contribution is 2.09. The van der Waals surface area contributed by atoms with Crippen LogP contribution < -0.4 is 10.6 Å². The van der Waals surface area contributed by atoms with Gasteiger partial charge in [-0.3, -0.25) is 10.3 Å². The van der Waals surface area contributed by atoms with Crippen molar-refractivity contribution in [1.29, 1.82) is 5.26 Å². The van der Waals surface area contributed by atoms with Gasteiger partial charge in [-0.05, 0) is 25.1 Å². The molecule has 2 rings (SSSR count). The number of guanidine groups is 1. The van der Waals surface area contributed by atoms with Crippen LogP contribution in [0.1, 0.15) is 17.1 Å². The van der Waals surface area contributed by atoms with Crippen LogP contribution in [-0.4, -0.2) is 34.3 Å². The molecule has 2 aromatic heterocycles. The van der Waals surface area contributed by atoms with Crippen LogP contribution in [0.5, 0.6) is 0 Å². The molecule has 0 aliphatic heterocycles. The standard InChI is InChI=1S/C16H20N6OS/c1-12-15(22-11-21-12)8-14(24)9-19-16(20-10-17)18-6-2-4-13-5-3-7-23-13/h2-5,7,11,14,24H,6,8-9H2,1H3,(H,21,22)(H2,18,19,20). The number of rotatable bonds is 7. The van der Waals surface area contributed by atoms with Gasteiger partial charge in [0, 0.05) is 23.9 Å². The maximum Gasteiger partial charge on any atom is 0.204 e. The number of aryl methyl sites for hydroxylation is 1. The van der Waals surface area contributed by atoms with Crippen molar-refractivity contribution in [2.45, 2.75) is 18.6 Å². The van der Waals surface area contributed by atoms with Crippen LogP contribution >= 0.6 is 12.6 Å². The van der Waals surface area contributed by atoms with E-state index in [4.69, 9.17) is 9.68 Å². The first-order valence-electron chi connectivity index (χ1n) is 7.49. The van der Waals surface area contributed by atoms with E-state index in [0.29, 0.717) is 25.5 Å². The number of nitriles is 1. The third-order valence-electron chi connectivity index (χ3n) is 3.21. The van der Waals surface area contributed by atoms with E-state index in [-0.39, 0.29) is 5.25 Å². The highest BCUT2D eigenvalue weighted by Gasteiger charge is 2.09. The smallest absolute Gasteiger partial charge is 0.204 e. The Kier molecular flexibility index (Phi) is 6.98. The van der Waals surface area contributed by atoms with E-state index in [1.165, 1.54) is 0 Å². The zero-order valence-electron chi connectivity index (χ0n) is 13.4. The van der Waals surface area contributed by atoms with Gasteiger partial charge in [-0.2, -0.15) is 17.9 Å². The summed E-state index contributed by atoms with van der Waals surface area (Å²) in [6, 6.07) is 3.69. The second kappa shape index (κ2) is 9.47. The SMILES string of the molecule is Cc1[nH]cnc1CC(S)CN=C(NC#N)NCC=Cc1ccco1. The Bertz CT molecular complexity index is 713. The van der Waals surface area contributed by atoms with Gasteiger partial charge in [0.2, 0.25) is 5.96 Å². The van der Waals surface area contributed by atoms with Crippen LogP contribution in [0, 0.1) is 18.4 Å². The van der Waals surface area contributed by atoms with Gasteiger partial charge >= 0.3 is 0 Å². The number of nitrogens with zero attached hydrogens (tertiary/aromatic N) is 3. The number of nitrogens with one attached hydrogen (secondary N) is 3. The van der Waals surface area contributed by atoms with Gasteiger partial charge in [0.15, 0.2) is 6.19 Å². The highest BCUT2D eigenvalue weighted by molar-refractivity contribution is 7.81. The van der Waals surface area contributed by atoms with Crippen molar-refractivity contribution in [3.8, 4) is 6.19 Å². The fraction of sp³-hybridized carbons (Fsp3) is 0.312. The van der Waals surface area contributed by atoms with Crippen LogP contribution in [-0.2, 0) is 6.42 Å². The normalized spacial score (nSPS) is 13.0. The Labute approximate surface area is 146 Å². The van der Waals surface area contributed by atoms with E-state index in [0.717, 1.165) is 17.1 Å². The molecule has 0 fully saturated rings. The Balaban J connectivity index is 1.81. The summed E-state index contributed by atoms with van der Waals surface area (Å²) < 4.78 is 5.20. The van der Waals surface area contributed by atoms with E-state index in [1.54, 1.807) is 12.6 Å². The average Bonchev–Trinajstić information content (AvgIpc) is 3.21. The van der Waals surface area contributed by atoms with Crippen LogP contribution in [0.4, 0.5) is 0 Å². The largest absolute Gasteiger partial charge is 0.465 e. The second-order valence-corrected chi connectivity index (χ2v) is 5.79. The monoisotopic (exact) mass is 344 g/mol. The summed E-state index contributed by atoms with van der Waals surface area (Å²) >= 11 is 4.53. The summed E-state index contributed by atoms with van der Waals surface area (Å²) in [5.74, 6) is 1.19. The molecule has 2 heterocycles. The van der Waals surface area contributed by atoms with Crippen molar-refractivity contribution < 1.29 is 4.42 Å². The lowest BCUT2D eigenvalue weighted by molar-refractivity contribution is 0.557. The number of furan rings is 1. The summed E-state index contributed by atoms with van der Waals surface area (Å²) in [6.07, 6.45) is 9.60. The van der Waals surface area contributed by atoms with Crippen molar-refractivity contribution in [2.75, 3.05) is 13.1 Å². The lowest BCUT2D eigenvalue weighted by Crippen LogP contribution is -2.35. The molecule has 0 radical (unpaired) electrons. The molecule has 0 saturated carbocycles. The number of imidazole rings is 1. The van der Waals surface area contributed by atoms with Gasteiger partial charge in [-0.25, -0.2) is 4.98 Å². The fourth-order valence-electron chi connectivity index (χ4n) is 1.99. The first-order chi connectivity index (χ1) is 11.7. The molecule has 1 unspecified atom stereocenters. The highest BCUT2D eigenvalue weighted by atomic mass is 32.1. The Morgan fingerprint density at radius 2 is 2.50 bits per heavy atom. The minimum atomic E-state index is 0.0166. The van der Waals surface area contributed by atoms with E-state index in [1.807, 2.05) is 37.4 Å². The molecular weight excluding hydrogens is 324 g/mol. The van der Waals surface area contributed by atoms with E-state index >= 15 is 0 Å². The van der Waals surface area contributed by atoms with E-state index < -0.39 is 0 Å². The predicted octanol–water partition coefficient (Wildman–Crippen LogP) is 1.88. The first kappa shape index (κ1) is 17.7. The van der Waals surface area contributed by atoms with Gasteiger partial charge in [-0.1, -0.05) is 6.08 Å². The third kappa shape index (κ3) is 5.85. The van der Waals surface area contributed by atoms with Gasteiger partial charge in [0.05, 0.1) is 24.8 Å². The van der Waals surface area contributed by atoms with E-state index in [9.17, 15) is 0 Å².